The molecule has 74 valence electrons. The van der Waals surface area contributed by atoms with Crippen molar-refractivity contribution in [3.05, 3.63) is 0 Å². The van der Waals surface area contributed by atoms with Gasteiger partial charge < -0.3 is 9.47 Å². The molecule has 1 aliphatic heterocycles. The maximum atomic E-state index is 11.1. The summed E-state index contributed by atoms with van der Waals surface area (Å²) in [5.41, 5.74) is 0. The lowest BCUT2D eigenvalue weighted by Gasteiger charge is -2.09. The summed E-state index contributed by atoms with van der Waals surface area (Å²) < 4.78 is 9.78. The summed E-state index contributed by atoms with van der Waals surface area (Å²) in [6.07, 6.45) is -0.362. The van der Waals surface area contributed by atoms with Crippen LogP contribution in [0.2, 0.25) is 0 Å². The van der Waals surface area contributed by atoms with Gasteiger partial charge in [-0.2, -0.15) is 0 Å². The molecule has 0 saturated carbocycles. The van der Waals surface area contributed by atoms with Crippen LogP contribution in [0.5, 0.6) is 0 Å². The highest BCUT2D eigenvalue weighted by atomic mass is 16.6. The molecular formula is C9H14O4. The molecule has 1 fully saturated rings. The van der Waals surface area contributed by atoms with E-state index in [2.05, 4.69) is 0 Å². The van der Waals surface area contributed by atoms with Crippen molar-refractivity contribution in [3.63, 3.8) is 0 Å². The molecular weight excluding hydrogens is 172 g/mol. The zero-order valence-electron chi connectivity index (χ0n) is 8.07. The molecule has 0 N–H and O–H groups in total. The largest absolute Gasteiger partial charge is 0.460 e. The number of hydrogen-bond donors (Lipinski definition) is 0. The first-order valence-electron chi connectivity index (χ1n) is 4.41. The summed E-state index contributed by atoms with van der Waals surface area (Å²) in [6.45, 7) is 5.24. The SMILES string of the molecule is CC1CC(OC(=O)C(C)C)C(=O)O1. The van der Waals surface area contributed by atoms with Gasteiger partial charge in [-0.3, -0.25) is 4.79 Å². The third-order valence-corrected chi connectivity index (χ3v) is 1.86. The molecule has 0 aliphatic carbocycles. The van der Waals surface area contributed by atoms with Gasteiger partial charge in [0.2, 0.25) is 6.10 Å². The summed E-state index contributed by atoms with van der Waals surface area (Å²) in [4.78, 5) is 22.2. The standard InChI is InChI=1S/C9H14O4/c1-5(2)8(10)13-7-4-6(3)12-9(7)11/h5-7H,4H2,1-3H3. The van der Waals surface area contributed by atoms with E-state index in [0.717, 1.165) is 0 Å². The normalized spacial score (nSPS) is 27.5. The Kier molecular flexibility index (Phi) is 2.90. The smallest absolute Gasteiger partial charge is 0.347 e. The predicted molar refractivity (Wildman–Crippen MR) is 44.9 cm³/mol. The number of rotatable bonds is 2. The van der Waals surface area contributed by atoms with Crippen molar-refractivity contribution in [2.24, 2.45) is 5.92 Å². The van der Waals surface area contributed by atoms with Crippen LogP contribution in [-0.4, -0.2) is 24.1 Å². The molecule has 1 rings (SSSR count). The summed E-state index contributed by atoms with van der Waals surface area (Å²) in [6, 6.07) is 0. The van der Waals surface area contributed by atoms with Gasteiger partial charge >= 0.3 is 11.9 Å². The fourth-order valence-corrected chi connectivity index (χ4v) is 1.09. The number of cyclic esters (lactones) is 1. The first-order valence-corrected chi connectivity index (χ1v) is 4.41. The van der Waals surface area contributed by atoms with E-state index in [1.54, 1.807) is 20.8 Å². The summed E-state index contributed by atoms with van der Waals surface area (Å²) in [7, 11) is 0. The lowest BCUT2D eigenvalue weighted by molar-refractivity contribution is -0.163. The number of hydrogen-bond acceptors (Lipinski definition) is 4. The Morgan fingerprint density at radius 1 is 1.62 bits per heavy atom. The van der Waals surface area contributed by atoms with Crippen LogP contribution in [0, 0.1) is 5.92 Å². The molecule has 1 saturated heterocycles. The molecule has 0 amide bonds. The number of carbonyl (C=O) groups excluding carboxylic acids is 2. The maximum Gasteiger partial charge on any atom is 0.347 e. The quantitative estimate of drug-likeness (QED) is 0.601. The van der Waals surface area contributed by atoms with Gasteiger partial charge in [-0.15, -0.1) is 0 Å². The van der Waals surface area contributed by atoms with E-state index < -0.39 is 12.1 Å². The Bertz CT molecular complexity index is 222. The molecule has 1 heterocycles. The Labute approximate surface area is 77.2 Å². The maximum absolute atomic E-state index is 11.1. The van der Waals surface area contributed by atoms with Crippen molar-refractivity contribution in [3.8, 4) is 0 Å². The van der Waals surface area contributed by atoms with E-state index >= 15 is 0 Å². The zero-order chi connectivity index (χ0) is 10.0. The minimum Gasteiger partial charge on any atom is -0.460 e. The fourth-order valence-electron chi connectivity index (χ4n) is 1.09. The fraction of sp³-hybridized carbons (Fsp3) is 0.778. The molecule has 4 nitrogen and oxygen atoms in total. The first-order chi connectivity index (χ1) is 6.00. The molecule has 0 aromatic carbocycles. The van der Waals surface area contributed by atoms with Crippen LogP contribution in [0.4, 0.5) is 0 Å². The van der Waals surface area contributed by atoms with Crippen LogP contribution in [-0.2, 0) is 19.1 Å². The second-order valence-electron chi connectivity index (χ2n) is 3.56. The molecule has 2 atom stereocenters. The van der Waals surface area contributed by atoms with E-state index in [9.17, 15) is 9.59 Å². The van der Waals surface area contributed by atoms with Crippen molar-refractivity contribution in [1.82, 2.24) is 0 Å². The van der Waals surface area contributed by atoms with Crippen molar-refractivity contribution < 1.29 is 19.1 Å². The zero-order valence-corrected chi connectivity index (χ0v) is 8.07. The van der Waals surface area contributed by atoms with E-state index in [1.807, 2.05) is 0 Å². The summed E-state index contributed by atoms with van der Waals surface area (Å²) in [5.74, 6) is -0.985. The van der Waals surface area contributed by atoms with E-state index in [1.165, 1.54) is 0 Å². The number of ether oxygens (including phenoxy) is 2. The lowest BCUT2D eigenvalue weighted by Crippen LogP contribution is -2.25. The summed E-state index contributed by atoms with van der Waals surface area (Å²) >= 11 is 0. The molecule has 2 unspecified atom stereocenters. The first kappa shape index (κ1) is 10.0. The molecule has 1 aliphatic rings. The topological polar surface area (TPSA) is 52.6 Å². The highest BCUT2D eigenvalue weighted by Gasteiger charge is 2.35. The Balaban J connectivity index is 2.46. The monoisotopic (exact) mass is 186 g/mol. The van der Waals surface area contributed by atoms with Gasteiger partial charge in [0.25, 0.3) is 0 Å². The van der Waals surface area contributed by atoms with Crippen molar-refractivity contribution in [1.29, 1.82) is 0 Å². The van der Waals surface area contributed by atoms with Gasteiger partial charge in [0, 0.05) is 6.42 Å². The van der Waals surface area contributed by atoms with Gasteiger partial charge in [0.15, 0.2) is 0 Å². The third-order valence-electron chi connectivity index (χ3n) is 1.86. The van der Waals surface area contributed by atoms with Crippen molar-refractivity contribution in [2.45, 2.75) is 39.4 Å². The van der Waals surface area contributed by atoms with Gasteiger partial charge in [-0.25, -0.2) is 4.79 Å². The van der Waals surface area contributed by atoms with Crippen LogP contribution in [0.15, 0.2) is 0 Å². The Hall–Kier alpha value is -1.06. The van der Waals surface area contributed by atoms with Crippen LogP contribution in [0.3, 0.4) is 0 Å². The Morgan fingerprint density at radius 2 is 2.23 bits per heavy atom. The highest BCUT2D eigenvalue weighted by Crippen LogP contribution is 2.18. The van der Waals surface area contributed by atoms with Gasteiger partial charge in [-0.1, -0.05) is 13.8 Å². The van der Waals surface area contributed by atoms with Gasteiger partial charge in [0.1, 0.15) is 6.10 Å². The minimum absolute atomic E-state index is 0.141. The number of esters is 2. The van der Waals surface area contributed by atoms with Crippen LogP contribution >= 0.6 is 0 Å². The predicted octanol–water partition coefficient (Wildman–Crippen LogP) is 0.890. The van der Waals surface area contributed by atoms with Crippen LogP contribution in [0.25, 0.3) is 0 Å². The minimum atomic E-state index is -0.690. The number of carbonyl (C=O) groups is 2. The molecule has 13 heavy (non-hydrogen) atoms. The van der Waals surface area contributed by atoms with Gasteiger partial charge in [0.05, 0.1) is 5.92 Å². The van der Waals surface area contributed by atoms with E-state index in [-0.39, 0.29) is 18.0 Å². The van der Waals surface area contributed by atoms with E-state index in [4.69, 9.17) is 9.47 Å². The van der Waals surface area contributed by atoms with Crippen molar-refractivity contribution >= 4 is 11.9 Å². The second-order valence-corrected chi connectivity index (χ2v) is 3.56. The molecule has 4 heteroatoms. The highest BCUT2D eigenvalue weighted by molar-refractivity contribution is 5.81. The van der Waals surface area contributed by atoms with Crippen LogP contribution < -0.4 is 0 Å². The Morgan fingerprint density at radius 3 is 2.62 bits per heavy atom. The van der Waals surface area contributed by atoms with Gasteiger partial charge in [-0.05, 0) is 6.92 Å². The average molecular weight is 186 g/mol. The van der Waals surface area contributed by atoms with Crippen molar-refractivity contribution in [2.75, 3.05) is 0 Å². The lowest BCUT2D eigenvalue weighted by atomic mass is 10.2. The molecule has 0 radical (unpaired) electrons. The molecule has 0 spiro atoms. The molecule has 0 aromatic rings. The third kappa shape index (κ3) is 2.44. The van der Waals surface area contributed by atoms with E-state index in [0.29, 0.717) is 6.42 Å². The average Bonchev–Trinajstić information content (AvgIpc) is 2.30. The van der Waals surface area contributed by atoms with Crippen LogP contribution in [0.1, 0.15) is 27.2 Å². The second kappa shape index (κ2) is 3.77. The molecule has 0 bridgehead atoms. The summed E-state index contributed by atoms with van der Waals surface area (Å²) in [5, 5.41) is 0. The molecule has 0 aromatic heterocycles.